The zero-order valence-corrected chi connectivity index (χ0v) is 15.9. The molecule has 1 heterocycles. The molecule has 4 nitrogen and oxygen atoms in total. The minimum atomic E-state index is -0.551. The van der Waals surface area contributed by atoms with Gasteiger partial charge in [-0.15, -0.1) is 0 Å². The fourth-order valence-corrected chi connectivity index (χ4v) is 4.30. The Morgan fingerprint density at radius 1 is 1.04 bits per heavy atom. The van der Waals surface area contributed by atoms with Crippen LogP contribution in [0.1, 0.15) is 47.2 Å². The maximum Gasteiger partial charge on any atom is 0.257 e. The van der Waals surface area contributed by atoms with E-state index >= 15 is 0 Å². The minimum absolute atomic E-state index is 0.126. The molecule has 0 unspecified atom stereocenters. The number of benzene rings is 2. The van der Waals surface area contributed by atoms with Crippen LogP contribution in [0.25, 0.3) is 0 Å². The van der Waals surface area contributed by atoms with Crippen LogP contribution in [-0.4, -0.2) is 29.1 Å². The number of ether oxygens (including phenoxy) is 1. The van der Waals surface area contributed by atoms with Crippen molar-refractivity contribution in [2.24, 2.45) is 11.8 Å². The fourth-order valence-electron chi connectivity index (χ4n) is 4.30. The highest BCUT2D eigenvalue weighted by Crippen LogP contribution is 2.34. The molecule has 2 aromatic rings. The summed E-state index contributed by atoms with van der Waals surface area (Å²) in [4.78, 5) is 14.6. The number of hydrogen-bond donors (Lipinski definition) is 1. The van der Waals surface area contributed by atoms with E-state index < -0.39 is 5.82 Å². The van der Waals surface area contributed by atoms with E-state index in [4.69, 9.17) is 4.74 Å². The highest BCUT2D eigenvalue weighted by molar-refractivity contribution is 5.99. The van der Waals surface area contributed by atoms with Crippen LogP contribution in [0.3, 0.4) is 0 Å². The summed E-state index contributed by atoms with van der Waals surface area (Å²) < 4.78 is 20.6. The van der Waals surface area contributed by atoms with Gasteiger partial charge in [-0.25, -0.2) is 4.39 Å². The number of hydrogen-bond acceptors (Lipinski definition) is 3. The lowest BCUT2D eigenvalue weighted by atomic mass is 9.82. The molecular formula is C23H26FNO3. The van der Waals surface area contributed by atoms with Crippen LogP contribution < -0.4 is 4.74 Å². The topological polar surface area (TPSA) is 49.8 Å². The molecule has 4 rings (SSSR count). The molecular weight excluding hydrogens is 357 g/mol. The highest BCUT2D eigenvalue weighted by atomic mass is 19.1. The Balaban J connectivity index is 1.42. The summed E-state index contributed by atoms with van der Waals surface area (Å²) in [7, 11) is 0. The number of aliphatic hydroxyl groups is 1. The van der Waals surface area contributed by atoms with E-state index in [1.807, 2.05) is 30.3 Å². The molecule has 0 aromatic heterocycles. The Bertz CT molecular complexity index is 831. The molecule has 1 saturated carbocycles. The maximum absolute atomic E-state index is 15.0. The molecule has 1 N–H and O–H groups in total. The summed E-state index contributed by atoms with van der Waals surface area (Å²) in [6, 6.07) is 13.0. The van der Waals surface area contributed by atoms with Gasteiger partial charge in [0.2, 0.25) is 0 Å². The molecule has 2 aliphatic rings. The highest BCUT2D eigenvalue weighted by Gasteiger charge is 2.34. The van der Waals surface area contributed by atoms with Crippen molar-refractivity contribution in [3.05, 3.63) is 65.0 Å². The van der Waals surface area contributed by atoms with E-state index in [0.717, 1.165) is 36.8 Å². The fraction of sp³-hybridized carbons (Fsp3) is 0.435. The van der Waals surface area contributed by atoms with Crippen molar-refractivity contribution in [1.82, 2.24) is 4.90 Å². The lowest BCUT2D eigenvalue weighted by Crippen LogP contribution is -2.32. The van der Waals surface area contributed by atoms with Crippen LogP contribution in [0.15, 0.2) is 42.5 Å². The summed E-state index contributed by atoms with van der Waals surface area (Å²) in [5, 5.41) is 9.28. The number of nitrogens with zero attached hydrogens (tertiary/aromatic N) is 1. The second kappa shape index (κ2) is 8.31. The first-order chi connectivity index (χ1) is 13.7. The molecule has 1 amide bonds. The lowest BCUT2D eigenvalue weighted by molar-refractivity contribution is 0.0714. The van der Waals surface area contributed by atoms with Gasteiger partial charge in [0, 0.05) is 19.7 Å². The molecule has 2 aromatic carbocycles. The molecule has 1 aliphatic carbocycles. The van der Waals surface area contributed by atoms with Gasteiger partial charge in [-0.05, 0) is 54.7 Å². The Morgan fingerprint density at radius 3 is 2.46 bits per heavy atom. The van der Waals surface area contributed by atoms with Gasteiger partial charge in [0.25, 0.3) is 5.91 Å². The van der Waals surface area contributed by atoms with Crippen molar-refractivity contribution in [2.45, 2.75) is 38.8 Å². The summed E-state index contributed by atoms with van der Waals surface area (Å²) in [5.41, 5.74) is 1.85. The first-order valence-corrected chi connectivity index (χ1v) is 10.0. The van der Waals surface area contributed by atoms with Crippen molar-refractivity contribution in [1.29, 1.82) is 0 Å². The smallest absolute Gasteiger partial charge is 0.257 e. The standard InChI is InChI=1S/C23H26FNO3/c24-22-20(28-15-18-4-2-1-3-5-18)11-10-19-13-25(23(27)21(19)22)12-16-6-8-17(14-26)9-7-16/h1-5,10-11,16-17,26H,6-9,12-15H2/t16-,17-. The van der Waals surface area contributed by atoms with Gasteiger partial charge in [-0.2, -0.15) is 0 Å². The molecule has 0 spiro atoms. The lowest BCUT2D eigenvalue weighted by Gasteiger charge is -2.30. The summed E-state index contributed by atoms with van der Waals surface area (Å²) >= 11 is 0. The molecule has 0 radical (unpaired) electrons. The second-order valence-corrected chi connectivity index (χ2v) is 7.94. The molecule has 5 heteroatoms. The number of amides is 1. The summed E-state index contributed by atoms with van der Waals surface area (Å²) in [6.07, 6.45) is 4.03. The Morgan fingerprint density at radius 2 is 1.75 bits per heavy atom. The van der Waals surface area contributed by atoms with Crippen LogP contribution in [0.5, 0.6) is 5.75 Å². The average Bonchev–Trinajstić information content (AvgIpc) is 3.05. The summed E-state index contributed by atoms with van der Waals surface area (Å²) in [5.74, 6) is 0.163. The largest absolute Gasteiger partial charge is 0.486 e. The van der Waals surface area contributed by atoms with E-state index in [9.17, 15) is 14.3 Å². The van der Waals surface area contributed by atoms with Crippen LogP contribution in [-0.2, 0) is 13.2 Å². The van der Waals surface area contributed by atoms with Crippen molar-refractivity contribution < 1.29 is 19.0 Å². The van der Waals surface area contributed by atoms with Gasteiger partial charge < -0.3 is 14.7 Å². The Labute approximate surface area is 164 Å². The van der Waals surface area contributed by atoms with E-state index in [0.29, 0.717) is 24.9 Å². The van der Waals surface area contributed by atoms with Gasteiger partial charge in [0.05, 0.1) is 5.56 Å². The SMILES string of the molecule is O=C1c2c(ccc(OCc3ccccc3)c2F)CN1C[C@H]1CC[C@H](CO)CC1. The summed E-state index contributed by atoms with van der Waals surface area (Å²) in [6.45, 7) is 1.63. The normalized spacial score (nSPS) is 21.6. The van der Waals surface area contributed by atoms with Gasteiger partial charge in [0.15, 0.2) is 11.6 Å². The third-order valence-corrected chi connectivity index (χ3v) is 6.00. The molecule has 1 fully saturated rings. The Kier molecular flexibility index (Phi) is 5.62. The van der Waals surface area contributed by atoms with Crippen LogP contribution in [0, 0.1) is 17.7 Å². The third kappa shape index (κ3) is 3.90. The van der Waals surface area contributed by atoms with Crippen molar-refractivity contribution in [3.63, 3.8) is 0 Å². The molecule has 28 heavy (non-hydrogen) atoms. The van der Waals surface area contributed by atoms with Crippen LogP contribution in [0.4, 0.5) is 4.39 Å². The second-order valence-electron chi connectivity index (χ2n) is 7.94. The van der Waals surface area contributed by atoms with E-state index in [2.05, 4.69) is 0 Å². The zero-order valence-electron chi connectivity index (χ0n) is 15.9. The van der Waals surface area contributed by atoms with Gasteiger partial charge >= 0.3 is 0 Å². The predicted molar refractivity (Wildman–Crippen MR) is 104 cm³/mol. The van der Waals surface area contributed by atoms with Gasteiger partial charge in [-0.3, -0.25) is 4.79 Å². The zero-order chi connectivity index (χ0) is 19.5. The van der Waals surface area contributed by atoms with Crippen molar-refractivity contribution in [2.75, 3.05) is 13.2 Å². The number of halogens is 1. The molecule has 0 atom stereocenters. The van der Waals surface area contributed by atoms with Gasteiger partial charge in [-0.1, -0.05) is 36.4 Å². The predicted octanol–water partition coefficient (Wildman–Crippen LogP) is 4.16. The molecule has 1 aliphatic heterocycles. The van der Waals surface area contributed by atoms with E-state index in [1.165, 1.54) is 0 Å². The average molecular weight is 383 g/mol. The first-order valence-electron chi connectivity index (χ1n) is 10.0. The van der Waals surface area contributed by atoms with Crippen molar-refractivity contribution in [3.8, 4) is 5.75 Å². The number of carbonyl (C=O) groups excluding carboxylic acids is 1. The Hall–Kier alpha value is -2.40. The number of aliphatic hydroxyl groups excluding tert-OH is 1. The number of carbonyl (C=O) groups is 1. The van der Waals surface area contributed by atoms with E-state index in [1.54, 1.807) is 17.0 Å². The third-order valence-electron chi connectivity index (χ3n) is 6.00. The minimum Gasteiger partial charge on any atom is -0.486 e. The quantitative estimate of drug-likeness (QED) is 0.815. The number of rotatable bonds is 6. The maximum atomic E-state index is 15.0. The van der Waals surface area contributed by atoms with E-state index in [-0.39, 0.29) is 30.4 Å². The van der Waals surface area contributed by atoms with Crippen molar-refractivity contribution >= 4 is 5.91 Å². The van der Waals surface area contributed by atoms with Gasteiger partial charge in [0.1, 0.15) is 6.61 Å². The monoisotopic (exact) mass is 383 g/mol. The van der Waals surface area contributed by atoms with Crippen LogP contribution >= 0.6 is 0 Å². The number of fused-ring (bicyclic) bond motifs is 1. The molecule has 0 saturated heterocycles. The molecule has 148 valence electrons. The molecule has 0 bridgehead atoms. The first kappa shape index (κ1) is 18.9. The van der Waals surface area contributed by atoms with Crippen LogP contribution in [0.2, 0.25) is 0 Å².